The van der Waals surface area contributed by atoms with Crippen LogP contribution in [0.1, 0.15) is 52.9 Å². The molecule has 0 aromatic carbocycles. The Kier molecular flexibility index (Phi) is 5.93. The minimum absolute atomic E-state index is 0.310. The largest absolute Gasteiger partial charge is 0.444 e. The summed E-state index contributed by atoms with van der Waals surface area (Å²) < 4.78 is 10.6. The molecule has 1 N–H and O–H groups in total. The molecule has 0 bridgehead atoms. The van der Waals surface area contributed by atoms with Crippen molar-refractivity contribution in [1.82, 2.24) is 5.32 Å². The van der Waals surface area contributed by atoms with Crippen molar-refractivity contribution in [3.8, 4) is 0 Å². The maximum absolute atomic E-state index is 11.5. The predicted molar refractivity (Wildman–Crippen MR) is 71.6 cm³/mol. The van der Waals surface area contributed by atoms with E-state index < -0.39 is 5.60 Å². The molecule has 0 radical (unpaired) electrons. The summed E-state index contributed by atoms with van der Waals surface area (Å²) in [5.74, 6) is 0.553. The second-order valence-corrected chi connectivity index (χ2v) is 6.11. The lowest BCUT2D eigenvalue weighted by molar-refractivity contribution is 0.0517. The number of alkyl carbamates (subject to hydrolysis) is 1. The van der Waals surface area contributed by atoms with Crippen LogP contribution in [0.15, 0.2) is 0 Å². The number of methoxy groups -OCH3 is 1. The van der Waals surface area contributed by atoms with Gasteiger partial charge in [0.05, 0.1) is 6.10 Å². The molecule has 18 heavy (non-hydrogen) atoms. The van der Waals surface area contributed by atoms with Crippen LogP contribution in [-0.4, -0.2) is 31.5 Å². The van der Waals surface area contributed by atoms with Crippen LogP contribution in [0.5, 0.6) is 0 Å². The minimum Gasteiger partial charge on any atom is -0.444 e. The van der Waals surface area contributed by atoms with Gasteiger partial charge in [-0.3, -0.25) is 0 Å². The molecule has 106 valence electrons. The minimum atomic E-state index is -0.422. The third kappa shape index (κ3) is 6.24. The fraction of sp³-hybridized carbons (Fsp3) is 0.929. The smallest absolute Gasteiger partial charge is 0.407 e. The average Bonchev–Trinajstić information content (AvgIpc) is 2.49. The van der Waals surface area contributed by atoms with Crippen molar-refractivity contribution in [2.24, 2.45) is 5.92 Å². The first kappa shape index (κ1) is 15.3. The van der Waals surface area contributed by atoms with E-state index in [1.54, 1.807) is 7.11 Å². The van der Waals surface area contributed by atoms with Gasteiger partial charge in [-0.2, -0.15) is 0 Å². The Morgan fingerprint density at radius 3 is 2.56 bits per heavy atom. The molecule has 2 unspecified atom stereocenters. The molecule has 1 amide bonds. The van der Waals surface area contributed by atoms with Crippen LogP contribution in [-0.2, 0) is 9.47 Å². The molecule has 1 fully saturated rings. The molecule has 0 heterocycles. The van der Waals surface area contributed by atoms with Crippen LogP contribution in [0, 0.1) is 5.92 Å². The Morgan fingerprint density at radius 2 is 1.94 bits per heavy atom. The van der Waals surface area contributed by atoms with E-state index in [0.29, 0.717) is 18.6 Å². The van der Waals surface area contributed by atoms with E-state index in [0.717, 1.165) is 25.7 Å². The third-order valence-electron chi connectivity index (χ3n) is 3.30. The number of carbonyl (C=O) groups excluding carboxylic acids is 1. The number of rotatable bonds is 3. The molecule has 0 aliphatic heterocycles. The van der Waals surface area contributed by atoms with Crippen LogP contribution in [0.3, 0.4) is 0 Å². The lowest BCUT2D eigenvalue weighted by Crippen LogP contribution is -2.35. The zero-order valence-electron chi connectivity index (χ0n) is 12.1. The first-order valence-corrected chi connectivity index (χ1v) is 6.90. The predicted octanol–water partition coefficient (Wildman–Crippen LogP) is 3.11. The third-order valence-corrected chi connectivity index (χ3v) is 3.30. The van der Waals surface area contributed by atoms with Gasteiger partial charge in [-0.15, -0.1) is 0 Å². The highest BCUT2D eigenvalue weighted by Crippen LogP contribution is 2.24. The Morgan fingerprint density at radius 1 is 1.22 bits per heavy atom. The van der Waals surface area contributed by atoms with Crippen LogP contribution >= 0.6 is 0 Å². The molecule has 0 aromatic heterocycles. The van der Waals surface area contributed by atoms with Crippen molar-refractivity contribution >= 4 is 6.09 Å². The van der Waals surface area contributed by atoms with E-state index in [2.05, 4.69) is 5.32 Å². The van der Waals surface area contributed by atoms with Gasteiger partial charge >= 0.3 is 6.09 Å². The highest BCUT2D eigenvalue weighted by atomic mass is 16.6. The average molecular weight is 257 g/mol. The molecule has 2 atom stereocenters. The summed E-state index contributed by atoms with van der Waals surface area (Å²) in [6.07, 6.45) is 5.78. The summed E-state index contributed by atoms with van der Waals surface area (Å²) in [5, 5.41) is 2.87. The Bertz CT molecular complexity index is 260. The van der Waals surface area contributed by atoms with Gasteiger partial charge in [0.2, 0.25) is 0 Å². The Labute approximate surface area is 110 Å². The summed E-state index contributed by atoms with van der Waals surface area (Å²) in [5.41, 5.74) is -0.422. The Hall–Kier alpha value is -0.770. The molecule has 1 saturated carbocycles. The van der Waals surface area contributed by atoms with Gasteiger partial charge in [-0.25, -0.2) is 4.79 Å². The highest BCUT2D eigenvalue weighted by molar-refractivity contribution is 5.67. The quantitative estimate of drug-likeness (QED) is 0.790. The molecule has 4 nitrogen and oxygen atoms in total. The maximum atomic E-state index is 11.5. The second kappa shape index (κ2) is 6.98. The fourth-order valence-electron chi connectivity index (χ4n) is 2.33. The van der Waals surface area contributed by atoms with Crippen molar-refractivity contribution in [3.63, 3.8) is 0 Å². The van der Waals surface area contributed by atoms with Gasteiger partial charge in [0, 0.05) is 13.7 Å². The fourth-order valence-corrected chi connectivity index (χ4v) is 2.33. The standard InChI is InChI=1S/C14H27NO3/c1-14(2,3)18-13(16)15-10-11-6-5-7-12(17-4)9-8-11/h11-12H,5-10H2,1-4H3,(H,15,16). The summed E-state index contributed by atoms with van der Waals surface area (Å²) in [6.45, 7) is 6.34. The highest BCUT2D eigenvalue weighted by Gasteiger charge is 2.20. The first-order chi connectivity index (χ1) is 8.40. The van der Waals surface area contributed by atoms with E-state index >= 15 is 0 Å². The van der Waals surface area contributed by atoms with E-state index in [4.69, 9.17) is 9.47 Å². The van der Waals surface area contributed by atoms with Crippen molar-refractivity contribution in [2.75, 3.05) is 13.7 Å². The van der Waals surface area contributed by atoms with Crippen LogP contribution in [0.25, 0.3) is 0 Å². The van der Waals surface area contributed by atoms with E-state index in [1.165, 1.54) is 6.42 Å². The summed E-state index contributed by atoms with van der Waals surface area (Å²) in [7, 11) is 1.78. The summed E-state index contributed by atoms with van der Waals surface area (Å²) >= 11 is 0. The molecular weight excluding hydrogens is 230 g/mol. The molecular formula is C14H27NO3. The van der Waals surface area contributed by atoms with E-state index in [-0.39, 0.29) is 6.09 Å². The lowest BCUT2D eigenvalue weighted by Gasteiger charge is -2.21. The second-order valence-electron chi connectivity index (χ2n) is 6.11. The number of hydrogen-bond acceptors (Lipinski definition) is 3. The number of ether oxygens (including phenoxy) is 2. The van der Waals surface area contributed by atoms with Gasteiger partial charge in [0.1, 0.15) is 5.60 Å². The topological polar surface area (TPSA) is 47.6 Å². The molecule has 0 aromatic rings. The SMILES string of the molecule is COC1CCCC(CNC(=O)OC(C)(C)C)CC1. The number of nitrogens with one attached hydrogen (secondary N) is 1. The number of amides is 1. The molecule has 1 aliphatic carbocycles. The van der Waals surface area contributed by atoms with Crippen LogP contribution < -0.4 is 5.32 Å². The molecule has 4 heteroatoms. The van der Waals surface area contributed by atoms with E-state index in [9.17, 15) is 4.79 Å². The van der Waals surface area contributed by atoms with Gasteiger partial charge in [-0.1, -0.05) is 6.42 Å². The summed E-state index contributed by atoms with van der Waals surface area (Å²) in [4.78, 5) is 11.5. The first-order valence-electron chi connectivity index (χ1n) is 6.90. The van der Waals surface area contributed by atoms with Crippen LogP contribution in [0.2, 0.25) is 0 Å². The molecule has 1 rings (SSSR count). The van der Waals surface area contributed by atoms with Gasteiger partial charge in [0.15, 0.2) is 0 Å². The van der Waals surface area contributed by atoms with Gasteiger partial charge in [-0.05, 0) is 52.4 Å². The van der Waals surface area contributed by atoms with Crippen molar-refractivity contribution in [1.29, 1.82) is 0 Å². The van der Waals surface area contributed by atoms with E-state index in [1.807, 2.05) is 20.8 Å². The monoisotopic (exact) mass is 257 g/mol. The van der Waals surface area contributed by atoms with Crippen molar-refractivity contribution in [2.45, 2.75) is 64.6 Å². The van der Waals surface area contributed by atoms with Gasteiger partial charge < -0.3 is 14.8 Å². The number of hydrogen-bond donors (Lipinski definition) is 1. The van der Waals surface area contributed by atoms with Gasteiger partial charge in [0.25, 0.3) is 0 Å². The summed E-state index contributed by atoms with van der Waals surface area (Å²) in [6, 6.07) is 0. The molecule has 0 saturated heterocycles. The maximum Gasteiger partial charge on any atom is 0.407 e. The zero-order valence-corrected chi connectivity index (χ0v) is 12.1. The zero-order chi connectivity index (χ0) is 13.6. The number of carbonyl (C=O) groups is 1. The molecule has 0 spiro atoms. The normalized spacial score (nSPS) is 25.3. The lowest BCUT2D eigenvalue weighted by atomic mass is 10.0. The van der Waals surface area contributed by atoms with Crippen molar-refractivity contribution in [3.05, 3.63) is 0 Å². The van der Waals surface area contributed by atoms with Crippen LogP contribution in [0.4, 0.5) is 4.79 Å². The Balaban J connectivity index is 2.25. The molecule has 1 aliphatic rings. The van der Waals surface area contributed by atoms with Crippen molar-refractivity contribution < 1.29 is 14.3 Å².